The van der Waals surface area contributed by atoms with Gasteiger partial charge in [-0.15, -0.1) is 0 Å². The molecule has 0 aliphatic rings. The van der Waals surface area contributed by atoms with Crippen molar-refractivity contribution >= 4 is 11.0 Å². The smallest absolute Gasteiger partial charge is 0.417 e. The fourth-order valence-corrected chi connectivity index (χ4v) is 2.79. The highest BCUT2D eigenvalue weighted by molar-refractivity contribution is 5.89. The van der Waals surface area contributed by atoms with Crippen LogP contribution in [-0.2, 0) is 12.7 Å². The van der Waals surface area contributed by atoms with E-state index < -0.39 is 52.4 Å². The molecule has 0 fully saturated rings. The molecule has 0 atom stereocenters. The van der Waals surface area contributed by atoms with E-state index in [-0.39, 0.29) is 10.1 Å². The molecule has 3 rings (SSSR count). The monoisotopic (exact) mass is 388 g/mol. The van der Waals surface area contributed by atoms with Gasteiger partial charge in [-0.05, 0) is 18.2 Å². The number of hydrogen-bond acceptors (Lipinski definition) is 3. The maximum Gasteiger partial charge on any atom is 0.417 e. The number of aromatic hydroxyl groups is 1. The summed E-state index contributed by atoms with van der Waals surface area (Å²) < 4.78 is 78.9. The Balaban J connectivity index is 2.45. The minimum absolute atomic E-state index is 0.255. The van der Waals surface area contributed by atoms with Gasteiger partial charge in [0.05, 0.1) is 16.6 Å². The lowest BCUT2D eigenvalue weighted by atomic mass is 9.98. The molecule has 0 radical (unpaired) electrons. The van der Waals surface area contributed by atoms with Gasteiger partial charge in [0.1, 0.15) is 12.1 Å². The minimum Gasteiger partial charge on any atom is -0.505 e. The van der Waals surface area contributed by atoms with Gasteiger partial charge >= 0.3 is 12.4 Å². The summed E-state index contributed by atoms with van der Waals surface area (Å²) in [6, 6.07) is 6.19. The fourth-order valence-electron chi connectivity index (χ4n) is 2.79. The van der Waals surface area contributed by atoms with E-state index in [1.54, 1.807) is 0 Å². The van der Waals surface area contributed by atoms with Crippen molar-refractivity contribution in [1.29, 1.82) is 0 Å². The average Bonchev–Trinajstić information content (AvgIpc) is 2.57. The summed E-state index contributed by atoms with van der Waals surface area (Å²) in [5.41, 5.74) is -5.03. The zero-order valence-corrected chi connectivity index (χ0v) is 13.3. The second kappa shape index (κ2) is 6.29. The first kappa shape index (κ1) is 18.7. The van der Waals surface area contributed by atoms with Gasteiger partial charge in [0.15, 0.2) is 5.75 Å². The van der Waals surface area contributed by atoms with Gasteiger partial charge in [-0.1, -0.05) is 18.2 Å². The molecule has 0 saturated carbocycles. The molecule has 0 spiro atoms. The minimum atomic E-state index is -4.89. The molecule has 4 nitrogen and oxygen atoms in total. The second-order valence-corrected chi connectivity index (χ2v) is 5.64. The Kier molecular flexibility index (Phi) is 4.37. The summed E-state index contributed by atoms with van der Waals surface area (Å²) in [6.45, 7) is -1.74. The molecule has 0 saturated heterocycles. The van der Waals surface area contributed by atoms with Crippen LogP contribution in [0.5, 0.6) is 5.75 Å². The summed E-state index contributed by atoms with van der Waals surface area (Å²) in [7, 11) is 0. The SMILES string of the molecule is O=c1c(-c2ccccc2C(F)(F)F)c(O)c2ncccc2n1CC(F)(F)F. The van der Waals surface area contributed by atoms with Gasteiger partial charge in [0, 0.05) is 11.8 Å². The number of aromatic nitrogens is 2. The number of nitrogens with zero attached hydrogens (tertiary/aromatic N) is 2. The van der Waals surface area contributed by atoms with Crippen LogP contribution in [0.1, 0.15) is 5.56 Å². The molecule has 2 heterocycles. The first-order valence-electron chi connectivity index (χ1n) is 7.44. The van der Waals surface area contributed by atoms with Gasteiger partial charge in [-0.2, -0.15) is 26.3 Å². The van der Waals surface area contributed by atoms with Crippen LogP contribution in [0.4, 0.5) is 26.3 Å². The van der Waals surface area contributed by atoms with E-state index in [0.717, 1.165) is 24.4 Å². The standard InChI is InChI=1S/C17H10F6N2O2/c18-16(19,20)8-25-11-6-3-7-24-13(11)14(26)12(15(25)27)9-4-1-2-5-10(9)17(21,22)23/h1-7,26H,8H2. The number of halogens is 6. The van der Waals surface area contributed by atoms with E-state index in [1.807, 2.05) is 0 Å². The van der Waals surface area contributed by atoms with Gasteiger partial charge in [0.2, 0.25) is 0 Å². The molecule has 0 unspecified atom stereocenters. The Morgan fingerprint density at radius 1 is 1.00 bits per heavy atom. The van der Waals surface area contributed by atoms with E-state index in [9.17, 15) is 36.2 Å². The van der Waals surface area contributed by atoms with Crippen molar-refractivity contribution in [1.82, 2.24) is 9.55 Å². The third-order valence-corrected chi connectivity index (χ3v) is 3.84. The average molecular weight is 388 g/mol. The van der Waals surface area contributed by atoms with Gasteiger partial charge in [-0.25, -0.2) is 0 Å². The second-order valence-electron chi connectivity index (χ2n) is 5.64. The fraction of sp³-hybridized carbons (Fsp3) is 0.176. The normalized spacial score (nSPS) is 12.5. The Labute approximate surface area is 147 Å². The predicted octanol–water partition coefficient (Wildman–Crippen LogP) is 4.35. The predicted molar refractivity (Wildman–Crippen MR) is 84.2 cm³/mol. The van der Waals surface area contributed by atoms with E-state index in [4.69, 9.17) is 0 Å². The lowest BCUT2D eigenvalue weighted by Crippen LogP contribution is -2.30. The molecule has 2 aromatic heterocycles. The number of benzene rings is 1. The first-order valence-corrected chi connectivity index (χ1v) is 7.44. The number of pyridine rings is 2. The maximum atomic E-state index is 13.3. The molecular formula is C17H10F6N2O2. The third-order valence-electron chi connectivity index (χ3n) is 3.84. The van der Waals surface area contributed by atoms with Gasteiger partial charge < -0.3 is 5.11 Å². The van der Waals surface area contributed by atoms with Crippen LogP contribution in [0, 0.1) is 0 Å². The highest BCUT2D eigenvalue weighted by atomic mass is 19.4. The molecule has 0 aliphatic carbocycles. The number of alkyl halides is 6. The van der Waals surface area contributed by atoms with Crippen molar-refractivity contribution in [3.05, 3.63) is 58.5 Å². The van der Waals surface area contributed by atoms with E-state index >= 15 is 0 Å². The maximum absolute atomic E-state index is 13.3. The number of fused-ring (bicyclic) bond motifs is 1. The molecule has 3 aromatic rings. The Morgan fingerprint density at radius 3 is 2.30 bits per heavy atom. The van der Waals surface area contributed by atoms with E-state index in [2.05, 4.69) is 4.98 Å². The quantitative estimate of drug-likeness (QED) is 0.664. The van der Waals surface area contributed by atoms with Crippen LogP contribution >= 0.6 is 0 Å². The lowest BCUT2D eigenvalue weighted by molar-refractivity contribution is -0.140. The van der Waals surface area contributed by atoms with Crippen LogP contribution in [0.3, 0.4) is 0 Å². The zero-order chi connectivity index (χ0) is 20.0. The molecule has 1 aromatic carbocycles. The van der Waals surface area contributed by atoms with Crippen LogP contribution in [-0.4, -0.2) is 20.8 Å². The number of hydrogen-bond donors (Lipinski definition) is 1. The van der Waals surface area contributed by atoms with Crippen molar-refractivity contribution in [3.8, 4) is 16.9 Å². The Bertz CT molecular complexity index is 1070. The van der Waals surface area contributed by atoms with Gasteiger partial charge in [0.25, 0.3) is 5.56 Å². The molecule has 0 bridgehead atoms. The van der Waals surface area contributed by atoms with Crippen molar-refractivity contribution in [2.45, 2.75) is 18.9 Å². The first-order chi connectivity index (χ1) is 12.5. The van der Waals surface area contributed by atoms with Crippen molar-refractivity contribution in [2.24, 2.45) is 0 Å². The van der Waals surface area contributed by atoms with Crippen LogP contribution in [0.25, 0.3) is 22.2 Å². The zero-order valence-electron chi connectivity index (χ0n) is 13.3. The highest BCUT2D eigenvalue weighted by Crippen LogP contribution is 2.40. The Morgan fingerprint density at radius 2 is 1.67 bits per heavy atom. The molecule has 1 N–H and O–H groups in total. The summed E-state index contributed by atoms with van der Waals surface area (Å²) in [6.07, 6.45) is -8.56. The van der Waals surface area contributed by atoms with Crippen molar-refractivity contribution in [2.75, 3.05) is 0 Å². The molecule has 142 valence electrons. The lowest BCUT2D eigenvalue weighted by Gasteiger charge is -2.18. The largest absolute Gasteiger partial charge is 0.505 e. The Hall–Kier alpha value is -3.04. The topological polar surface area (TPSA) is 55.1 Å². The molecule has 27 heavy (non-hydrogen) atoms. The van der Waals surface area contributed by atoms with E-state index in [1.165, 1.54) is 12.1 Å². The summed E-state index contributed by atoms with van der Waals surface area (Å²) in [4.78, 5) is 16.4. The molecular weight excluding hydrogens is 378 g/mol. The molecule has 0 amide bonds. The van der Waals surface area contributed by atoms with Crippen molar-refractivity contribution in [3.63, 3.8) is 0 Å². The van der Waals surface area contributed by atoms with E-state index in [0.29, 0.717) is 6.07 Å². The van der Waals surface area contributed by atoms with Gasteiger partial charge in [-0.3, -0.25) is 14.3 Å². The van der Waals surface area contributed by atoms with Crippen molar-refractivity contribution < 1.29 is 31.4 Å². The third kappa shape index (κ3) is 3.46. The summed E-state index contributed by atoms with van der Waals surface area (Å²) in [5, 5.41) is 10.4. The van der Waals surface area contributed by atoms with Crippen LogP contribution < -0.4 is 5.56 Å². The molecule has 0 aliphatic heterocycles. The molecule has 10 heteroatoms. The summed E-state index contributed by atoms with van der Waals surface area (Å²) in [5.74, 6) is -0.911. The number of rotatable bonds is 2. The summed E-state index contributed by atoms with van der Waals surface area (Å²) >= 11 is 0. The van der Waals surface area contributed by atoms with Crippen LogP contribution in [0.2, 0.25) is 0 Å². The van der Waals surface area contributed by atoms with Crippen LogP contribution in [0.15, 0.2) is 47.4 Å². The highest BCUT2D eigenvalue weighted by Gasteiger charge is 2.36.